The Hall–Kier alpha value is -0.220. The molecule has 0 aliphatic rings. The predicted molar refractivity (Wildman–Crippen MR) is 50.6 cm³/mol. The molecule has 0 bridgehead atoms. The normalized spacial score (nSPS) is 15.6. The highest BCUT2D eigenvalue weighted by atomic mass is 32.2. The number of hydrogen-bond donors (Lipinski definition) is 1. The molecule has 2 unspecified atom stereocenters. The number of carbonyl (C=O) groups is 1. The van der Waals surface area contributed by atoms with Crippen LogP contribution in [0.5, 0.6) is 0 Å². The molecule has 0 saturated heterocycles. The first-order valence-corrected chi connectivity index (χ1v) is 4.93. The lowest BCUT2D eigenvalue weighted by Gasteiger charge is -2.14. The first-order valence-electron chi connectivity index (χ1n) is 3.99. The molecule has 0 aromatic rings. The summed E-state index contributed by atoms with van der Waals surface area (Å²) in [7, 11) is 1.52. The van der Waals surface area contributed by atoms with Gasteiger partial charge in [0.25, 0.3) is 0 Å². The predicted octanol–water partition coefficient (Wildman–Crippen LogP) is 1.62. The van der Waals surface area contributed by atoms with E-state index >= 15 is 0 Å². The Bertz CT molecular complexity index is 138. The molecule has 2 atom stereocenters. The number of methoxy groups -OCH3 is 1. The van der Waals surface area contributed by atoms with Gasteiger partial charge < -0.3 is 9.84 Å². The van der Waals surface area contributed by atoms with Gasteiger partial charge in [-0.3, -0.25) is 4.79 Å². The zero-order valence-corrected chi connectivity index (χ0v) is 8.56. The van der Waals surface area contributed by atoms with Crippen molar-refractivity contribution in [1.29, 1.82) is 0 Å². The Morgan fingerprint density at radius 3 is 2.58 bits per heavy atom. The third-order valence-corrected chi connectivity index (χ3v) is 3.03. The molecule has 4 heteroatoms. The average Bonchev–Trinajstić information content (AvgIpc) is 2.03. The lowest BCUT2D eigenvalue weighted by atomic mass is 10.4. The van der Waals surface area contributed by atoms with Gasteiger partial charge in [-0.2, -0.15) is 0 Å². The van der Waals surface area contributed by atoms with Gasteiger partial charge in [-0.15, -0.1) is 11.8 Å². The van der Waals surface area contributed by atoms with Crippen LogP contribution in [0.3, 0.4) is 0 Å². The van der Waals surface area contributed by atoms with E-state index in [1.165, 1.54) is 18.9 Å². The van der Waals surface area contributed by atoms with Crippen LogP contribution in [0.1, 0.15) is 20.3 Å². The van der Waals surface area contributed by atoms with Crippen LogP contribution in [0.25, 0.3) is 0 Å². The Morgan fingerprint density at radius 1 is 1.67 bits per heavy atom. The number of aliphatic carboxylic acids is 1. The van der Waals surface area contributed by atoms with Gasteiger partial charge in [-0.05, 0) is 6.42 Å². The minimum Gasteiger partial charge on any atom is -0.480 e. The van der Waals surface area contributed by atoms with Gasteiger partial charge in [0.1, 0.15) is 5.25 Å². The quantitative estimate of drug-likeness (QED) is 0.694. The lowest BCUT2D eigenvalue weighted by Crippen LogP contribution is -2.24. The largest absolute Gasteiger partial charge is 0.480 e. The summed E-state index contributed by atoms with van der Waals surface area (Å²) in [6, 6.07) is 0. The number of hydrogen-bond acceptors (Lipinski definition) is 3. The molecule has 12 heavy (non-hydrogen) atoms. The van der Waals surface area contributed by atoms with Gasteiger partial charge in [-0.25, -0.2) is 0 Å². The minimum absolute atomic E-state index is 0.282. The molecular formula is C8H16O3S. The molecule has 0 spiro atoms. The first-order chi connectivity index (χ1) is 5.61. The summed E-state index contributed by atoms with van der Waals surface area (Å²) in [4.78, 5) is 10.6. The minimum atomic E-state index is -0.790. The standard InChI is InChI=1S/C8H16O3S/c1-4-6(2)12-7(5-11-3)8(9)10/h6-7H,4-5H2,1-3H3,(H,9,10). The summed E-state index contributed by atoms with van der Waals surface area (Å²) in [5.41, 5.74) is 0. The molecule has 72 valence electrons. The van der Waals surface area contributed by atoms with Crippen molar-refractivity contribution in [2.24, 2.45) is 0 Å². The molecule has 0 fully saturated rings. The van der Waals surface area contributed by atoms with Crippen LogP contribution in [0.4, 0.5) is 0 Å². The number of carboxylic acid groups (broad SMARTS) is 1. The van der Waals surface area contributed by atoms with Gasteiger partial charge in [0.2, 0.25) is 0 Å². The molecule has 0 radical (unpaired) electrons. The summed E-state index contributed by atoms with van der Waals surface area (Å²) < 4.78 is 4.81. The van der Waals surface area contributed by atoms with E-state index in [1.807, 2.05) is 13.8 Å². The van der Waals surface area contributed by atoms with Crippen molar-refractivity contribution in [3.63, 3.8) is 0 Å². The van der Waals surface area contributed by atoms with Crippen LogP contribution >= 0.6 is 11.8 Å². The number of ether oxygens (including phenoxy) is 1. The summed E-state index contributed by atoms with van der Waals surface area (Å²) in [5, 5.41) is 8.70. The second-order valence-corrected chi connectivity index (χ2v) is 4.28. The summed E-state index contributed by atoms with van der Waals surface area (Å²) in [6.45, 7) is 4.35. The highest BCUT2D eigenvalue weighted by Crippen LogP contribution is 2.20. The molecule has 1 N–H and O–H groups in total. The molecular weight excluding hydrogens is 176 g/mol. The topological polar surface area (TPSA) is 46.5 Å². The highest BCUT2D eigenvalue weighted by Gasteiger charge is 2.19. The maximum atomic E-state index is 10.6. The molecule has 0 aliphatic heterocycles. The van der Waals surface area contributed by atoms with Crippen molar-refractivity contribution >= 4 is 17.7 Å². The highest BCUT2D eigenvalue weighted by molar-refractivity contribution is 8.01. The molecule has 0 heterocycles. The van der Waals surface area contributed by atoms with E-state index in [2.05, 4.69) is 0 Å². The first kappa shape index (κ1) is 11.8. The average molecular weight is 192 g/mol. The lowest BCUT2D eigenvalue weighted by molar-refractivity contribution is -0.137. The maximum Gasteiger partial charge on any atom is 0.319 e. The number of thioether (sulfide) groups is 1. The molecule has 0 saturated carbocycles. The Balaban J connectivity index is 3.86. The van der Waals surface area contributed by atoms with Crippen LogP contribution in [0.15, 0.2) is 0 Å². The van der Waals surface area contributed by atoms with Crippen molar-refractivity contribution in [1.82, 2.24) is 0 Å². The van der Waals surface area contributed by atoms with Crippen LogP contribution in [-0.4, -0.2) is 35.3 Å². The molecule has 3 nitrogen and oxygen atoms in total. The Labute approximate surface area is 77.5 Å². The maximum absolute atomic E-state index is 10.6. The fourth-order valence-corrected chi connectivity index (χ4v) is 1.78. The van der Waals surface area contributed by atoms with Gasteiger partial charge in [0.05, 0.1) is 6.61 Å². The van der Waals surface area contributed by atoms with Gasteiger partial charge >= 0.3 is 5.97 Å². The van der Waals surface area contributed by atoms with Gasteiger partial charge in [-0.1, -0.05) is 13.8 Å². The van der Waals surface area contributed by atoms with Crippen LogP contribution < -0.4 is 0 Å². The van der Waals surface area contributed by atoms with Crippen LogP contribution in [0.2, 0.25) is 0 Å². The molecule has 0 aliphatic carbocycles. The van der Waals surface area contributed by atoms with Gasteiger partial charge in [0, 0.05) is 12.4 Å². The van der Waals surface area contributed by atoms with E-state index in [0.29, 0.717) is 5.25 Å². The SMILES string of the molecule is CCC(C)SC(COC)C(=O)O. The van der Waals surface area contributed by atoms with E-state index in [-0.39, 0.29) is 6.61 Å². The number of rotatable bonds is 6. The second-order valence-electron chi connectivity index (χ2n) is 2.64. The molecule has 0 amide bonds. The fraction of sp³-hybridized carbons (Fsp3) is 0.875. The summed E-state index contributed by atoms with van der Waals surface area (Å²) >= 11 is 1.45. The Kier molecular flexibility index (Phi) is 6.20. The van der Waals surface area contributed by atoms with E-state index in [0.717, 1.165) is 6.42 Å². The zero-order valence-electron chi connectivity index (χ0n) is 7.74. The van der Waals surface area contributed by atoms with Crippen LogP contribution in [0, 0.1) is 0 Å². The van der Waals surface area contributed by atoms with Crippen molar-refractivity contribution in [2.45, 2.75) is 30.8 Å². The summed E-state index contributed by atoms with van der Waals surface area (Å²) in [6.07, 6.45) is 0.984. The zero-order chi connectivity index (χ0) is 9.56. The Morgan fingerprint density at radius 2 is 2.25 bits per heavy atom. The third kappa shape index (κ3) is 4.62. The van der Waals surface area contributed by atoms with Crippen molar-refractivity contribution in [3.05, 3.63) is 0 Å². The van der Waals surface area contributed by atoms with Crippen molar-refractivity contribution < 1.29 is 14.6 Å². The molecule has 0 aromatic heterocycles. The van der Waals surface area contributed by atoms with E-state index in [4.69, 9.17) is 9.84 Å². The third-order valence-electron chi connectivity index (χ3n) is 1.56. The molecule has 0 rings (SSSR count). The summed E-state index contributed by atoms with van der Waals surface area (Å²) in [5.74, 6) is -0.790. The monoisotopic (exact) mass is 192 g/mol. The van der Waals surface area contributed by atoms with E-state index < -0.39 is 11.2 Å². The van der Waals surface area contributed by atoms with E-state index in [1.54, 1.807) is 0 Å². The van der Waals surface area contributed by atoms with Crippen LogP contribution in [-0.2, 0) is 9.53 Å². The smallest absolute Gasteiger partial charge is 0.319 e. The fourth-order valence-electron chi connectivity index (χ4n) is 0.697. The molecule has 0 aromatic carbocycles. The second kappa shape index (κ2) is 6.31. The van der Waals surface area contributed by atoms with Crippen molar-refractivity contribution in [3.8, 4) is 0 Å². The number of carboxylic acids is 1. The van der Waals surface area contributed by atoms with E-state index in [9.17, 15) is 4.79 Å². The van der Waals surface area contributed by atoms with Gasteiger partial charge in [0.15, 0.2) is 0 Å². The van der Waals surface area contributed by atoms with Crippen molar-refractivity contribution in [2.75, 3.05) is 13.7 Å².